The molecular weight excluding hydrogens is 230 g/mol. The molecule has 0 bridgehead atoms. The number of furan rings is 1. The van der Waals surface area contributed by atoms with Crippen molar-refractivity contribution in [1.29, 1.82) is 0 Å². The molecule has 5 nitrogen and oxygen atoms in total. The largest absolute Gasteiger partial charge is 0.467 e. The summed E-state index contributed by atoms with van der Waals surface area (Å²) in [5.41, 5.74) is 6.25. The minimum atomic E-state index is -0.373. The van der Waals surface area contributed by atoms with E-state index < -0.39 is 0 Å². The molecule has 0 spiro atoms. The first-order valence-electron chi connectivity index (χ1n) is 5.53. The van der Waals surface area contributed by atoms with Gasteiger partial charge in [0, 0.05) is 5.39 Å². The van der Waals surface area contributed by atoms with E-state index >= 15 is 0 Å². The molecule has 0 amide bonds. The van der Waals surface area contributed by atoms with Crippen molar-refractivity contribution in [3.63, 3.8) is 0 Å². The average molecular weight is 241 g/mol. The van der Waals surface area contributed by atoms with E-state index in [9.17, 15) is 4.79 Å². The van der Waals surface area contributed by atoms with Crippen molar-refractivity contribution in [2.75, 3.05) is 5.73 Å². The number of fused-ring (bicyclic) bond motifs is 1. The highest BCUT2D eigenvalue weighted by Crippen LogP contribution is 2.17. The molecule has 0 saturated heterocycles. The summed E-state index contributed by atoms with van der Waals surface area (Å²) in [7, 11) is 0. The molecule has 0 aliphatic heterocycles. The van der Waals surface area contributed by atoms with E-state index in [4.69, 9.17) is 10.2 Å². The molecule has 0 saturated carbocycles. The first kappa shape index (κ1) is 10.6. The number of anilines is 1. The first-order chi connectivity index (χ1) is 8.75. The summed E-state index contributed by atoms with van der Waals surface area (Å²) in [4.78, 5) is 15.9. The van der Waals surface area contributed by atoms with Gasteiger partial charge in [-0.05, 0) is 24.3 Å². The lowest BCUT2D eigenvalue weighted by atomic mass is 10.2. The molecule has 0 aliphatic carbocycles. The Labute approximate surface area is 102 Å². The lowest BCUT2D eigenvalue weighted by Crippen LogP contribution is -2.26. The first-order valence-corrected chi connectivity index (χ1v) is 5.53. The standard InChI is InChI=1S/C13H11N3O2/c14-12-10-5-1-2-6-11(10)15-13(17)16(12)8-9-4-3-7-18-9/h1-7H,8,14H2. The Kier molecular flexibility index (Phi) is 2.37. The van der Waals surface area contributed by atoms with Gasteiger partial charge in [-0.15, -0.1) is 0 Å². The average Bonchev–Trinajstić information content (AvgIpc) is 2.87. The summed E-state index contributed by atoms with van der Waals surface area (Å²) in [6.45, 7) is 0.287. The third-order valence-corrected chi connectivity index (χ3v) is 2.81. The number of hydrogen-bond donors (Lipinski definition) is 1. The van der Waals surface area contributed by atoms with Crippen molar-refractivity contribution in [3.8, 4) is 0 Å². The Morgan fingerprint density at radius 3 is 2.83 bits per heavy atom. The van der Waals surface area contributed by atoms with Gasteiger partial charge in [-0.1, -0.05) is 12.1 Å². The number of nitrogens with zero attached hydrogens (tertiary/aromatic N) is 2. The summed E-state index contributed by atoms with van der Waals surface area (Å²) >= 11 is 0. The second kappa shape index (κ2) is 4.03. The van der Waals surface area contributed by atoms with E-state index in [0.717, 1.165) is 5.39 Å². The van der Waals surface area contributed by atoms with Gasteiger partial charge in [-0.2, -0.15) is 4.98 Å². The van der Waals surface area contributed by atoms with E-state index in [1.807, 2.05) is 18.2 Å². The summed E-state index contributed by atoms with van der Waals surface area (Å²) in [5.74, 6) is 1.07. The normalized spacial score (nSPS) is 10.9. The smallest absolute Gasteiger partial charge is 0.350 e. The van der Waals surface area contributed by atoms with Crippen LogP contribution in [-0.2, 0) is 6.54 Å². The zero-order valence-corrected chi connectivity index (χ0v) is 9.54. The van der Waals surface area contributed by atoms with E-state index in [-0.39, 0.29) is 12.2 Å². The highest BCUT2D eigenvalue weighted by Gasteiger charge is 2.09. The molecule has 0 radical (unpaired) electrons. The van der Waals surface area contributed by atoms with E-state index in [0.29, 0.717) is 17.1 Å². The molecule has 0 atom stereocenters. The SMILES string of the molecule is Nc1c2ccccc2nc(=O)n1Cc1ccco1. The van der Waals surface area contributed by atoms with E-state index in [1.165, 1.54) is 4.57 Å². The van der Waals surface area contributed by atoms with Gasteiger partial charge in [0.15, 0.2) is 0 Å². The number of nitrogens with two attached hydrogens (primary N) is 1. The number of para-hydroxylation sites is 1. The topological polar surface area (TPSA) is 74.0 Å². The fourth-order valence-electron chi connectivity index (χ4n) is 1.91. The molecule has 18 heavy (non-hydrogen) atoms. The Hall–Kier alpha value is -2.56. The molecule has 1 aromatic carbocycles. The van der Waals surface area contributed by atoms with E-state index in [1.54, 1.807) is 24.5 Å². The van der Waals surface area contributed by atoms with Gasteiger partial charge in [-0.3, -0.25) is 4.57 Å². The quantitative estimate of drug-likeness (QED) is 0.739. The zero-order valence-electron chi connectivity index (χ0n) is 9.54. The summed E-state index contributed by atoms with van der Waals surface area (Å²) < 4.78 is 6.62. The summed E-state index contributed by atoms with van der Waals surface area (Å²) in [6.07, 6.45) is 1.56. The molecular formula is C13H11N3O2. The monoisotopic (exact) mass is 241 g/mol. The van der Waals surface area contributed by atoms with Gasteiger partial charge in [-0.25, -0.2) is 4.79 Å². The van der Waals surface area contributed by atoms with Crippen LogP contribution in [0.5, 0.6) is 0 Å². The summed E-state index contributed by atoms with van der Waals surface area (Å²) in [5, 5.41) is 0.767. The van der Waals surface area contributed by atoms with Crippen LogP contribution >= 0.6 is 0 Å². The Morgan fingerprint density at radius 2 is 2.06 bits per heavy atom. The predicted molar refractivity (Wildman–Crippen MR) is 68.2 cm³/mol. The molecule has 2 aromatic heterocycles. The maximum Gasteiger partial charge on any atom is 0.350 e. The fourth-order valence-corrected chi connectivity index (χ4v) is 1.91. The number of nitrogen functional groups attached to an aromatic ring is 1. The maximum absolute atomic E-state index is 11.9. The Balaban J connectivity index is 2.20. The molecule has 90 valence electrons. The van der Waals surface area contributed by atoms with Gasteiger partial charge >= 0.3 is 5.69 Å². The van der Waals surface area contributed by atoms with Crippen LogP contribution in [0.25, 0.3) is 10.9 Å². The highest BCUT2D eigenvalue weighted by atomic mass is 16.3. The Morgan fingerprint density at radius 1 is 1.22 bits per heavy atom. The molecule has 0 fully saturated rings. The third kappa shape index (κ3) is 1.66. The maximum atomic E-state index is 11.9. The van der Waals surface area contributed by atoms with Gasteiger partial charge < -0.3 is 10.2 Å². The van der Waals surface area contributed by atoms with Crippen LogP contribution in [0, 0.1) is 0 Å². The van der Waals surface area contributed by atoms with Crippen molar-refractivity contribution < 1.29 is 4.42 Å². The van der Waals surface area contributed by atoms with E-state index in [2.05, 4.69) is 4.98 Å². The second-order valence-corrected chi connectivity index (χ2v) is 3.96. The van der Waals surface area contributed by atoms with Crippen LogP contribution in [0.4, 0.5) is 5.82 Å². The Bertz CT molecular complexity index is 745. The molecule has 5 heteroatoms. The van der Waals surface area contributed by atoms with Gasteiger partial charge in [0.1, 0.15) is 11.6 Å². The lowest BCUT2D eigenvalue weighted by molar-refractivity contribution is 0.490. The number of rotatable bonds is 2. The van der Waals surface area contributed by atoms with Crippen LogP contribution in [0.1, 0.15) is 5.76 Å². The lowest BCUT2D eigenvalue weighted by Gasteiger charge is -2.09. The van der Waals surface area contributed by atoms with Gasteiger partial charge in [0.05, 0.1) is 18.3 Å². The fraction of sp³-hybridized carbons (Fsp3) is 0.0769. The third-order valence-electron chi connectivity index (χ3n) is 2.81. The molecule has 2 heterocycles. The molecule has 3 rings (SSSR count). The van der Waals surface area contributed by atoms with Crippen molar-refractivity contribution in [1.82, 2.24) is 9.55 Å². The number of hydrogen-bond acceptors (Lipinski definition) is 4. The number of benzene rings is 1. The van der Waals surface area contributed by atoms with Gasteiger partial charge in [0.25, 0.3) is 0 Å². The molecule has 2 N–H and O–H groups in total. The zero-order chi connectivity index (χ0) is 12.5. The minimum absolute atomic E-state index is 0.287. The summed E-state index contributed by atoms with van der Waals surface area (Å²) in [6, 6.07) is 10.9. The van der Waals surface area contributed by atoms with Crippen LogP contribution in [0.15, 0.2) is 51.9 Å². The van der Waals surface area contributed by atoms with Crippen LogP contribution < -0.4 is 11.4 Å². The van der Waals surface area contributed by atoms with Crippen molar-refractivity contribution >= 4 is 16.7 Å². The van der Waals surface area contributed by atoms with Crippen molar-refractivity contribution in [2.45, 2.75) is 6.54 Å². The van der Waals surface area contributed by atoms with Crippen LogP contribution in [-0.4, -0.2) is 9.55 Å². The molecule has 0 aliphatic rings. The van der Waals surface area contributed by atoms with Crippen LogP contribution in [0.3, 0.4) is 0 Å². The minimum Gasteiger partial charge on any atom is -0.467 e. The second-order valence-electron chi connectivity index (χ2n) is 3.96. The molecule has 3 aromatic rings. The van der Waals surface area contributed by atoms with Crippen LogP contribution in [0.2, 0.25) is 0 Å². The predicted octanol–water partition coefficient (Wildman–Crippen LogP) is 1.62. The van der Waals surface area contributed by atoms with Crippen molar-refractivity contribution in [3.05, 3.63) is 58.9 Å². The highest BCUT2D eigenvalue weighted by molar-refractivity contribution is 5.87. The van der Waals surface area contributed by atoms with Crippen molar-refractivity contribution in [2.24, 2.45) is 0 Å². The van der Waals surface area contributed by atoms with Gasteiger partial charge in [0.2, 0.25) is 0 Å². The number of aromatic nitrogens is 2. The molecule has 0 unspecified atom stereocenters.